The van der Waals surface area contributed by atoms with E-state index in [1.807, 2.05) is 5.32 Å². The summed E-state index contributed by atoms with van der Waals surface area (Å²) in [6.45, 7) is 4.83. The number of hydrogen-bond donors (Lipinski definition) is 3. The Bertz CT molecular complexity index is 217. The summed E-state index contributed by atoms with van der Waals surface area (Å²) in [5.41, 5.74) is 10.3. The van der Waals surface area contributed by atoms with Gasteiger partial charge in [0.2, 0.25) is 5.91 Å². The molecular formula is C10H21N3O2. The van der Waals surface area contributed by atoms with Gasteiger partial charge in [0.05, 0.1) is 0 Å². The van der Waals surface area contributed by atoms with Crippen LogP contribution in [0, 0.1) is 11.8 Å². The summed E-state index contributed by atoms with van der Waals surface area (Å²) in [6.07, 6.45) is 1.97. The van der Waals surface area contributed by atoms with E-state index in [2.05, 4.69) is 13.8 Å². The van der Waals surface area contributed by atoms with Crippen LogP contribution in [0.2, 0.25) is 0 Å². The Morgan fingerprint density at radius 2 is 1.87 bits per heavy atom. The third kappa shape index (κ3) is 6.90. The smallest absolute Gasteiger partial charge is 0.318 e. The minimum atomic E-state index is -0.792. The average Bonchev–Trinajstić information content (AvgIpc) is 2.10. The molecule has 1 unspecified atom stereocenters. The van der Waals surface area contributed by atoms with Gasteiger partial charge in [-0.15, -0.1) is 0 Å². The normalized spacial score (nSPS) is 12.5. The van der Waals surface area contributed by atoms with E-state index >= 15 is 0 Å². The van der Waals surface area contributed by atoms with E-state index in [-0.39, 0.29) is 5.91 Å². The average molecular weight is 215 g/mol. The molecule has 0 fully saturated rings. The molecule has 0 saturated carbocycles. The highest BCUT2D eigenvalue weighted by molar-refractivity contribution is 5.93. The first-order chi connectivity index (χ1) is 6.97. The highest BCUT2D eigenvalue weighted by Gasteiger charge is 2.14. The quantitative estimate of drug-likeness (QED) is 0.604. The summed E-state index contributed by atoms with van der Waals surface area (Å²) in [5, 5.41) is 2.05. The van der Waals surface area contributed by atoms with Crippen molar-refractivity contribution in [2.45, 2.75) is 33.1 Å². The molecule has 0 radical (unpaired) electrons. The van der Waals surface area contributed by atoms with Gasteiger partial charge in [0.25, 0.3) is 0 Å². The van der Waals surface area contributed by atoms with Crippen molar-refractivity contribution in [1.82, 2.24) is 5.32 Å². The number of hydrogen-bond acceptors (Lipinski definition) is 3. The van der Waals surface area contributed by atoms with Crippen molar-refractivity contribution in [2.75, 3.05) is 6.54 Å². The van der Waals surface area contributed by atoms with Gasteiger partial charge in [-0.05, 0) is 31.2 Å². The topological polar surface area (TPSA) is 98.2 Å². The molecule has 15 heavy (non-hydrogen) atoms. The number of amides is 3. The van der Waals surface area contributed by atoms with Crippen molar-refractivity contribution in [1.29, 1.82) is 0 Å². The van der Waals surface area contributed by atoms with Crippen LogP contribution in [0.4, 0.5) is 4.79 Å². The van der Waals surface area contributed by atoms with Crippen LogP contribution in [-0.4, -0.2) is 18.5 Å². The summed E-state index contributed by atoms with van der Waals surface area (Å²) in [7, 11) is 0. The summed E-state index contributed by atoms with van der Waals surface area (Å²) in [4.78, 5) is 21.5. The number of imide groups is 1. The fourth-order valence-electron chi connectivity index (χ4n) is 1.54. The highest BCUT2D eigenvalue weighted by Crippen LogP contribution is 2.20. The van der Waals surface area contributed by atoms with E-state index in [0.29, 0.717) is 24.8 Å². The Morgan fingerprint density at radius 3 is 2.27 bits per heavy atom. The molecule has 0 spiro atoms. The third-order valence-corrected chi connectivity index (χ3v) is 2.49. The lowest BCUT2D eigenvalue weighted by Crippen LogP contribution is -2.35. The molecule has 0 aliphatic rings. The highest BCUT2D eigenvalue weighted by atomic mass is 16.2. The van der Waals surface area contributed by atoms with Crippen molar-refractivity contribution < 1.29 is 9.59 Å². The van der Waals surface area contributed by atoms with Gasteiger partial charge in [-0.3, -0.25) is 10.1 Å². The first-order valence-corrected chi connectivity index (χ1v) is 5.26. The predicted molar refractivity (Wildman–Crippen MR) is 59.0 cm³/mol. The lowest BCUT2D eigenvalue weighted by Gasteiger charge is -2.19. The largest absolute Gasteiger partial charge is 0.351 e. The van der Waals surface area contributed by atoms with Crippen molar-refractivity contribution in [3.05, 3.63) is 0 Å². The SMILES string of the molecule is CC(C)C(CCN)CCC(=O)NC(N)=O. The lowest BCUT2D eigenvalue weighted by molar-refractivity contribution is -0.120. The number of rotatable bonds is 6. The van der Waals surface area contributed by atoms with Crippen LogP contribution < -0.4 is 16.8 Å². The standard InChI is InChI=1S/C10H21N3O2/c1-7(2)8(5-6-11)3-4-9(14)13-10(12)15/h7-8H,3-6,11H2,1-2H3,(H3,12,13,14,15). The molecule has 5 heteroatoms. The lowest BCUT2D eigenvalue weighted by atomic mass is 9.88. The summed E-state index contributed by atoms with van der Waals surface area (Å²) in [6, 6.07) is -0.792. The van der Waals surface area contributed by atoms with E-state index in [4.69, 9.17) is 11.5 Å². The maximum atomic E-state index is 11.1. The second-order valence-corrected chi connectivity index (χ2v) is 4.03. The molecule has 88 valence electrons. The minimum Gasteiger partial charge on any atom is -0.351 e. The van der Waals surface area contributed by atoms with Gasteiger partial charge < -0.3 is 11.5 Å². The Balaban J connectivity index is 3.88. The molecule has 0 aromatic carbocycles. The summed E-state index contributed by atoms with van der Waals surface area (Å²) in [5.74, 6) is 0.605. The molecule has 5 N–H and O–H groups in total. The van der Waals surface area contributed by atoms with Gasteiger partial charge in [-0.25, -0.2) is 4.79 Å². The van der Waals surface area contributed by atoms with Crippen molar-refractivity contribution in [2.24, 2.45) is 23.3 Å². The molecule has 0 aliphatic carbocycles. The Labute approximate surface area is 90.6 Å². The van der Waals surface area contributed by atoms with Gasteiger partial charge in [0, 0.05) is 6.42 Å². The van der Waals surface area contributed by atoms with Gasteiger partial charge in [-0.1, -0.05) is 13.8 Å². The van der Waals surface area contributed by atoms with Gasteiger partial charge in [0.15, 0.2) is 0 Å². The summed E-state index contributed by atoms with van der Waals surface area (Å²) < 4.78 is 0. The number of nitrogens with two attached hydrogens (primary N) is 2. The van der Waals surface area contributed by atoms with Gasteiger partial charge in [-0.2, -0.15) is 0 Å². The van der Waals surface area contributed by atoms with Crippen molar-refractivity contribution >= 4 is 11.9 Å². The number of carbonyl (C=O) groups excluding carboxylic acids is 2. The first kappa shape index (κ1) is 13.9. The van der Waals surface area contributed by atoms with Crippen LogP contribution in [0.1, 0.15) is 33.1 Å². The Kier molecular flexibility index (Phi) is 6.70. The monoisotopic (exact) mass is 215 g/mol. The van der Waals surface area contributed by atoms with E-state index in [0.717, 1.165) is 12.8 Å². The number of urea groups is 1. The number of carbonyl (C=O) groups is 2. The molecule has 0 heterocycles. The van der Waals surface area contributed by atoms with Crippen molar-refractivity contribution in [3.63, 3.8) is 0 Å². The Morgan fingerprint density at radius 1 is 1.27 bits per heavy atom. The van der Waals surface area contributed by atoms with E-state index in [1.165, 1.54) is 0 Å². The van der Waals surface area contributed by atoms with Crippen LogP contribution in [0.5, 0.6) is 0 Å². The molecule has 0 saturated heterocycles. The maximum absolute atomic E-state index is 11.1. The molecule has 3 amide bonds. The fourth-order valence-corrected chi connectivity index (χ4v) is 1.54. The van der Waals surface area contributed by atoms with Crippen LogP contribution in [0.3, 0.4) is 0 Å². The second-order valence-electron chi connectivity index (χ2n) is 4.03. The van der Waals surface area contributed by atoms with Crippen LogP contribution in [0.15, 0.2) is 0 Å². The van der Waals surface area contributed by atoms with Crippen LogP contribution >= 0.6 is 0 Å². The molecule has 0 rings (SSSR count). The van der Waals surface area contributed by atoms with Crippen LogP contribution in [0.25, 0.3) is 0 Å². The second kappa shape index (κ2) is 7.23. The molecule has 0 aromatic heterocycles. The fraction of sp³-hybridized carbons (Fsp3) is 0.800. The van der Waals surface area contributed by atoms with E-state index < -0.39 is 6.03 Å². The molecule has 5 nitrogen and oxygen atoms in total. The predicted octanol–water partition coefficient (Wildman–Crippen LogP) is 0.583. The molecule has 0 aliphatic heterocycles. The molecule has 1 atom stereocenters. The molecule has 0 aromatic rings. The maximum Gasteiger partial charge on any atom is 0.318 e. The van der Waals surface area contributed by atoms with Gasteiger partial charge >= 0.3 is 6.03 Å². The van der Waals surface area contributed by atoms with Gasteiger partial charge in [0.1, 0.15) is 0 Å². The molecular weight excluding hydrogens is 194 g/mol. The Hall–Kier alpha value is -1.10. The zero-order valence-corrected chi connectivity index (χ0v) is 9.45. The minimum absolute atomic E-state index is 0.315. The van der Waals surface area contributed by atoms with E-state index in [1.54, 1.807) is 0 Å². The first-order valence-electron chi connectivity index (χ1n) is 5.26. The number of nitrogens with one attached hydrogen (secondary N) is 1. The zero-order valence-electron chi connectivity index (χ0n) is 9.45. The van der Waals surface area contributed by atoms with Crippen LogP contribution in [-0.2, 0) is 4.79 Å². The van der Waals surface area contributed by atoms with E-state index in [9.17, 15) is 9.59 Å². The molecule has 0 bridgehead atoms. The third-order valence-electron chi connectivity index (χ3n) is 2.49. The summed E-state index contributed by atoms with van der Waals surface area (Å²) >= 11 is 0. The number of primary amides is 1. The van der Waals surface area contributed by atoms with Crippen molar-refractivity contribution in [3.8, 4) is 0 Å². The zero-order chi connectivity index (χ0) is 11.8.